The Morgan fingerprint density at radius 3 is 2.71 bits per heavy atom. The van der Waals surface area contributed by atoms with Crippen molar-refractivity contribution in [2.75, 3.05) is 24.3 Å². The summed E-state index contributed by atoms with van der Waals surface area (Å²) in [6.45, 7) is 5.11. The molecule has 24 heavy (non-hydrogen) atoms. The molecule has 2 aromatic rings. The number of aryl methyl sites for hydroxylation is 2. The van der Waals surface area contributed by atoms with Gasteiger partial charge in [-0.2, -0.15) is 5.10 Å². The van der Waals surface area contributed by atoms with E-state index in [1.165, 1.54) is 16.7 Å². The molecule has 2 heterocycles. The minimum Gasteiger partial charge on any atom is -0.360 e. The molecule has 126 valence electrons. The molecule has 7 heteroatoms. The van der Waals surface area contributed by atoms with Crippen LogP contribution in [0.4, 0.5) is 16.3 Å². The Morgan fingerprint density at radius 2 is 2.00 bits per heavy atom. The van der Waals surface area contributed by atoms with Crippen LogP contribution in [-0.2, 0) is 13.1 Å². The maximum atomic E-state index is 12.7. The number of hydrogen-bond acceptors (Lipinski definition) is 4. The van der Waals surface area contributed by atoms with Crippen LogP contribution in [-0.4, -0.2) is 35.2 Å². The van der Waals surface area contributed by atoms with Gasteiger partial charge in [0.05, 0.1) is 11.4 Å². The van der Waals surface area contributed by atoms with Gasteiger partial charge in [0, 0.05) is 31.7 Å². The summed E-state index contributed by atoms with van der Waals surface area (Å²) in [6.07, 6.45) is 0. The first-order valence-corrected chi connectivity index (χ1v) is 8.50. The number of halogens is 1. The number of amides is 2. The Balaban J connectivity index is 1.80. The highest BCUT2D eigenvalue weighted by atomic mass is 79.9. The molecule has 1 N–H and O–H groups in total. The lowest BCUT2D eigenvalue weighted by molar-refractivity contribution is 0.212. The first kappa shape index (κ1) is 16.7. The standard InChI is InChI=1S/C17H20BrN5O/c1-10-5-6-12-8-23(9-13(12)15(10)18)17(24)19-14-7-11(2)20-21-16(14)22(3)4/h5-7H,8-9H2,1-4H3,(H,19,20,24). The number of benzene rings is 1. The smallest absolute Gasteiger partial charge is 0.322 e. The normalized spacial score (nSPS) is 13.0. The van der Waals surface area contributed by atoms with Gasteiger partial charge in [-0.05, 0) is 36.6 Å². The molecule has 2 amide bonds. The third-order valence-corrected chi connectivity index (χ3v) is 5.20. The van der Waals surface area contributed by atoms with E-state index in [4.69, 9.17) is 0 Å². The average molecular weight is 390 g/mol. The zero-order valence-electron chi connectivity index (χ0n) is 14.2. The maximum absolute atomic E-state index is 12.7. The number of nitrogens with one attached hydrogen (secondary N) is 1. The van der Waals surface area contributed by atoms with E-state index in [1.54, 1.807) is 4.90 Å². The van der Waals surface area contributed by atoms with Crippen molar-refractivity contribution in [1.82, 2.24) is 15.1 Å². The fraction of sp³-hybridized carbons (Fsp3) is 0.353. The molecule has 1 aliphatic heterocycles. The van der Waals surface area contributed by atoms with E-state index in [0.717, 1.165) is 10.2 Å². The van der Waals surface area contributed by atoms with E-state index < -0.39 is 0 Å². The summed E-state index contributed by atoms with van der Waals surface area (Å²) in [6, 6.07) is 5.87. The van der Waals surface area contributed by atoms with Crippen LogP contribution in [0.1, 0.15) is 22.4 Å². The number of carbonyl (C=O) groups excluding carboxylic acids is 1. The zero-order chi connectivity index (χ0) is 17.4. The molecule has 1 aliphatic rings. The Bertz CT molecular complexity index is 806. The molecule has 0 unspecified atom stereocenters. The largest absolute Gasteiger partial charge is 0.360 e. The molecule has 3 rings (SSSR count). The number of rotatable bonds is 2. The van der Waals surface area contributed by atoms with Crippen LogP contribution in [0.25, 0.3) is 0 Å². The van der Waals surface area contributed by atoms with E-state index in [0.29, 0.717) is 24.6 Å². The Kier molecular flexibility index (Phi) is 4.45. The van der Waals surface area contributed by atoms with Crippen LogP contribution in [0, 0.1) is 13.8 Å². The van der Waals surface area contributed by atoms with Crippen molar-refractivity contribution in [1.29, 1.82) is 0 Å². The highest BCUT2D eigenvalue weighted by Gasteiger charge is 2.26. The van der Waals surface area contributed by atoms with Gasteiger partial charge < -0.3 is 15.1 Å². The van der Waals surface area contributed by atoms with Crippen LogP contribution in [0.2, 0.25) is 0 Å². The van der Waals surface area contributed by atoms with Crippen LogP contribution < -0.4 is 10.2 Å². The fourth-order valence-corrected chi connectivity index (χ4v) is 3.30. The van der Waals surface area contributed by atoms with Gasteiger partial charge in [-0.1, -0.05) is 28.1 Å². The maximum Gasteiger partial charge on any atom is 0.322 e. The van der Waals surface area contributed by atoms with E-state index in [2.05, 4.69) is 50.5 Å². The van der Waals surface area contributed by atoms with Crippen LogP contribution in [0.15, 0.2) is 22.7 Å². The summed E-state index contributed by atoms with van der Waals surface area (Å²) in [7, 11) is 3.75. The van der Waals surface area contributed by atoms with E-state index >= 15 is 0 Å². The number of hydrogen-bond donors (Lipinski definition) is 1. The number of aromatic nitrogens is 2. The second-order valence-corrected chi connectivity index (χ2v) is 7.03. The number of fused-ring (bicyclic) bond motifs is 1. The summed E-state index contributed by atoms with van der Waals surface area (Å²) < 4.78 is 1.09. The third-order valence-electron chi connectivity index (χ3n) is 4.09. The SMILES string of the molecule is Cc1cc(NC(=O)N2Cc3ccc(C)c(Br)c3C2)c(N(C)C)nn1. The van der Waals surface area contributed by atoms with Crippen molar-refractivity contribution in [2.45, 2.75) is 26.9 Å². The Labute approximate surface area is 150 Å². The lowest BCUT2D eigenvalue weighted by Crippen LogP contribution is -2.31. The second kappa shape index (κ2) is 6.39. The van der Waals surface area contributed by atoms with Gasteiger partial charge >= 0.3 is 6.03 Å². The molecule has 1 aromatic heterocycles. The molecular weight excluding hydrogens is 370 g/mol. The average Bonchev–Trinajstić information content (AvgIpc) is 2.96. The minimum absolute atomic E-state index is 0.133. The molecule has 0 saturated carbocycles. The lowest BCUT2D eigenvalue weighted by Gasteiger charge is -2.20. The molecule has 0 bridgehead atoms. The van der Waals surface area contributed by atoms with Crippen molar-refractivity contribution in [3.63, 3.8) is 0 Å². The number of anilines is 2. The van der Waals surface area contributed by atoms with Crippen LogP contribution in [0.3, 0.4) is 0 Å². The van der Waals surface area contributed by atoms with Gasteiger partial charge in [0.1, 0.15) is 0 Å². The van der Waals surface area contributed by atoms with Crippen molar-refractivity contribution in [2.24, 2.45) is 0 Å². The molecule has 0 atom stereocenters. The monoisotopic (exact) mass is 389 g/mol. The first-order chi connectivity index (χ1) is 11.4. The summed E-state index contributed by atoms with van der Waals surface area (Å²) in [4.78, 5) is 16.3. The number of carbonyl (C=O) groups is 1. The van der Waals surface area contributed by atoms with Gasteiger partial charge in [-0.15, -0.1) is 5.10 Å². The van der Waals surface area contributed by atoms with Gasteiger partial charge in [0.15, 0.2) is 5.82 Å². The molecule has 0 aliphatic carbocycles. The number of nitrogens with zero attached hydrogens (tertiary/aromatic N) is 4. The van der Waals surface area contributed by atoms with Gasteiger partial charge in [0.2, 0.25) is 0 Å². The number of urea groups is 1. The molecule has 0 saturated heterocycles. The lowest BCUT2D eigenvalue weighted by atomic mass is 10.1. The van der Waals surface area contributed by atoms with E-state index in [1.807, 2.05) is 32.0 Å². The highest BCUT2D eigenvalue weighted by molar-refractivity contribution is 9.10. The Hall–Kier alpha value is -2.15. The Morgan fingerprint density at radius 1 is 1.25 bits per heavy atom. The molecule has 0 fully saturated rings. The third kappa shape index (κ3) is 3.08. The molecule has 0 radical (unpaired) electrons. The summed E-state index contributed by atoms with van der Waals surface area (Å²) in [5.41, 5.74) is 4.98. The van der Waals surface area contributed by atoms with Crippen molar-refractivity contribution in [3.8, 4) is 0 Å². The van der Waals surface area contributed by atoms with Gasteiger partial charge in [-0.25, -0.2) is 4.79 Å². The van der Waals surface area contributed by atoms with E-state index in [-0.39, 0.29) is 6.03 Å². The zero-order valence-corrected chi connectivity index (χ0v) is 15.8. The summed E-state index contributed by atoms with van der Waals surface area (Å²) in [5.74, 6) is 0.641. The van der Waals surface area contributed by atoms with Crippen molar-refractivity contribution < 1.29 is 4.79 Å². The van der Waals surface area contributed by atoms with Gasteiger partial charge in [-0.3, -0.25) is 0 Å². The highest BCUT2D eigenvalue weighted by Crippen LogP contribution is 2.32. The summed E-state index contributed by atoms with van der Waals surface area (Å²) >= 11 is 3.63. The van der Waals surface area contributed by atoms with E-state index in [9.17, 15) is 4.79 Å². The first-order valence-electron chi connectivity index (χ1n) is 7.71. The summed E-state index contributed by atoms with van der Waals surface area (Å²) in [5, 5.41) is 11.2. The molecule has 6 nitrogen and oxygen atoms in total. The van der Waals surface area contributed by atoms with Gasteiger partial charge in [0.25, 0.3) is 0 Å². The quantitative estimate of drug-likeness (QED) is 0.853. The molecular formula is C17H20BrN5O. The molecule has 0 spiro atoms. The van der Waals surface area contributed by atoms with Crippen LogP contribution >= 0.6 is 15.9 Å². The second-order valence-electron chi connectivity index (χ2n) is 6.24. The molecule has 1 aromatic carbocycles. The topological polar surface area (TPSA) is 61.4 Å². The van der Waals surface area contributed by atoms with Crippen molar-refractivity contribution in [3.05, 3.63) is 45.1 Å². The predicted octanol–water partition coefficient (Wildman–Crippen LogP) is 3.47. The minimum atomic E-state index is -0.133. The fourth-order valence-electron chi connectivity index (χ4n) is 2.79. The van der Waals surface area contributed by atoms with Crippen LogP contribution in [0.5, 0.6) is 0 Å². The predicted molar refractivity (Wildman–Crippen MR) is 98.2 cm³/mol. The van der Waals surface area contributed by atoms with Crippen molar-refractivity contribution >= 4 is 33.5 Å².